The van der Waals surface area contributed by atoms with E-state index >= 15 is 0 Å². The fourth-order valence-corrected chi connectivity index (χ4v) is 3.35. The van der Waals surface area contributed by atoms with Crippen LogP contribution in [0.1, 0.15) is 138 Å². The van der Waals surface area contributed by atoms with E-state index < -0.39 is 5.97 Å². The van der Waals surface area contributed by atoms with Gasteiger partial charge in [-0.1, -0.05) is 122 Å². The fraction of sp³-hybridized carbons (Fsp3) is 0.955. The molecule has 0 aliphatic rings. The van der Waals surface area contributed by atoms with E-state index in [2.05, 4.69) is 6.92 Å². The number of carboxylic acid groups (broad SMARTS) is 1. The van der Waals surface area contributed by atoms with Crippen molar-refractivity contribution >= 4 is 54.9 Å². The maximum absolute atomic E-state index is 10.4. The van der Waals surface area contributed by atoms with Crippen LogP contribution in [0.5, 0.6) is 0 Å². The Hall–Kier alpha value is 1.04. The third-order valence-electron chi connectivity index (χ3n) is 4.99. The molecule has 0 spiro atoms. The minimum Gasteiger partial charge on any atom is -1.00 e. The van der Waals surface area contributed by atoms with Gasteiger partial charge in [0, 0.05) is 6.42 Å². The SMILES string of the molecule is CCCCCCCCCCCCCCCCCCCCCC(=O)O.[Ba+2].[H-].[H-]. The van der Waals surface area contributed by atoms with Gasteiger partial charge in [0.1, 0.15) is 0 Å². The van der Waals surface area contributed by atoms with Crippen molar-refractivity contribution in [2.75, 3.05) is 0 Å². The van der Waals surface area contributed by atoms with Crippen LogP contribution < -0.4 is 0 Å². The number of carboxylic acids is 1. The summed E-state index contributed by atoms with van der Waals surface area (Å²) >= 11 is 0. The average Bonchev–Trinajstić information content (AvgIpc) is 2.56. The normalized spacial score (nSPS) is 10.6. The van der Waals surface area contributed by atoms with Gasteiger partial charge in [0.15, 0.2) is 0 Å². The van der Waals surface area contributed by atoms with Gasteiger partial charge in [0.05, 0.1) is 0 Å². The van der Waals surface area contributed by atoms with Crippen molar-refractivity contribution in [1.29, 1.82) is 0 Å². The molecular formula is C22H46BaO2. The molecule has 0 aromatic carbocycles. The van der Waals surface area contributed by atoms with Crippen LogP contribution in [-0.2, 0) is 4.79 Å². The molecule has 148 valence electrons. The minimum atomic E-state index is -0.651. The second kappa shape index (κ2) is 25.0. The third kappa shape index (κ3) is 27.4. The molecule has 0 aliphatic heterocycles. The molecule has 3 heteroatoms. The van der Waals surface area contributed by atoms with Crippen LogP contribution in [0.2, 0.25) is 0 Å². The number of hydrogen-bond donors (Lipinski definition) is 1. The molecule has 0 aromatic rings. The molecule has 0 aliphatic carbocycles. The van der Waals surface area contributed by atoms with Crippen LogP contribution >= 0.6 is 0 Å². The van der Waals surface area contributed by atoms with Crippen LogP contribution in [0, 0.1) is 0 Å². The minimum absolute atomic E-state index is 0. The molecule has 0 saturated carbocycles. The van der Waals surface area contributed by atoms with Gasteiger partial charge in [-0.2, -0.15) is 0 Å². The molecule has 2 nitrogen and oxygen atoms in total. The largest absolute Gasteiger partial charge is 2.00 e. The standard InChI is InChI=1S/C22H44O2.Ba.2H/c1-2-3-4-5-6-7-8-9-10-11-12-13-14-15-16-17-18-19-20-21-22(23)24;;;/h2-21H2,1H3,(H,23,24);;;/q;+2;2*-1. The van der Waals surface area contributed by atoms with Gasteiger partial charge in [0.25, 0.3) is 0 Å². The number of unbranched alkanes of at least 4 members (excludes halogenated alkanes) is 18. The van der Waals surface area contributed by atoms with Gasteiger partial charge in [-0.05, 0) is 6.42 Å². The number of hydrogen-bond acceptors (Lipinski definition) is 1. The quantitative estimate of drug-likeness (QED) is 0.143. The van der Waals surface area contributed by atoms with Crippen LogP contribution in [0.3, 0.4) is 0 Å². The zero-order valence-corrected chi connectivity index (χ0v) is 21.6. The van der Waals surface area contributed by atoms with Gasteiger partial charge >= 0.3 is 54.9 Å². The first-order valence-corrected chi connectivity index (χ1v) is 11.0. The predicted octanol–water partition coefficient (Wildman–Crippen LogP) is 7.74. The Kier molecular flexibility index (Phi) is 28.3. The molecule has 0 fully saturated rings. The average molecular weight is 480 g/mol. The van der Waals surface area contributed by atoms with Crippen molar-refractivity contribution in [3.63, 3.8) is 0 Å². The smallest absolute Gasteiger partial charge is 1.00 e. The molecule has 0 aromatic heterocycles. The van der Waals surface area contributed by atoms with E-state index in [1.54, 1.807) is 0 Å². The van der Waals surface area contributed by atoms with Crippen LogP contribution in [0.25, 0.3) is 0 Å². The summed E-state index contributed by atoms with van der Waals surface area (Å²) in [5.74, 6) is -0.651. The van der Waals surface area contributed by atoms with Crippen molar-refractivity contribution in [2.24, 2.45) is 0 Å². The van der Waals surface area contributed by atoms with Gasteiger partial charge in [-0.15, -0.1) is 0 Å². The summed E-state index contributed by atoms with van der Waals surface area (Å²) in [6, 6.07) is 0. The Morgan fingerprint density at radius 1 is 0.560 bits per heavy atom. The van der Waals surface area contributed by atoms with Crippen LogP contribution in [-0.4, -0.2) is 60.0 Å². The summed E-state index contributed by atoms with van der Waals surface area (Å²) in [6.07, 6.45) is 26.1. The van der Waals surface area contributed by atoms with Crippen molar-refractivity contribution in [2.45, 2.75) is 135 Å². The molecule has 0 bridgehead atoms. The second-order valence-electron chi connectivity index (χ2n) is 7.51. The Morgan fingerprint density at radius 3 is 1.04 bits per heavy atom. The Balaban J connectivity index is -0.000000882. The second-order valence-corrected chi connectivity index (χ2v) is 7.51. The van der Waals surface area contributed by atoms with E-state index in [1.165, 1.54) is 109 Å². The number of carbonyl (C=O) groups is 1. The van der Waals surface area contributed by atoms with Crippen molar-refractivity contribution in [1.82, 2.24) is 0 Å². The van der Waals surface area contributed by atoms with E-state index in [0.29, 0.717) is 6.42 Å². The van der Waals surface area contributed by atoms with Crippen LogP contribution in [0.15, 0.2) is 0 Å². The third-order valence-corrected chi connectivity index (χ3v) is 4.99. The topological polar surface area (TPSA) is 37.3 Å². The molecule has 0 heterocycles. The molecular weight excluding hydrogens is 434 g/mol. The molecule has 0 unspecified atom stereocenters. The van der Waals surface area contributed by atoms with E-state index in [-0.39, 0.29) is 51.7 Å². The van der Waals surface area contributed by atoms with E-state index in [0.717, 1.165) is 12.8 Å². The Morgan fingerprint density at radius 2 is 0.800 bits per heavy atom. The molecule has 0 amide bonds. The van der Waals surface area contributed by atoms with Crippen molar-refractivity contribution in [3.8, 4) is 0 Å². The monoisotopic (exact) mass is 480 g/mol. The summed E-state index contributed by atoms with van der Waals surface area (Å²) < 4.78 is 0. The Bertz CT molecular complexity index is 267. The maximum atomic E-state index is 10.4. The molecule has 25 heavy (non-hydrogen) atoms. The van der Waals surface area contributed by atoms with Gasteiger partial charge in [-0.3, -0.25) is 4.79 Å². The van der Waals surface area contributed by atoms with E-state index in [4.69, 9.17) is 5.11 Å². The summed E-state index contributed by atoms with van der Waals surface area (Å²) in [4.78, 5) is 10.4. The van der Waals surface area contributed by atoms with Crippen molar-refractivity contribution in [3.05, 3.63) is 0 Å². The zero-order chi connectivity index (χ0) is 17.7. The Labute approximate surface area is 201 Å². The molecule has 0 rings (SSSR count). The molecule has 1 N–H and O–H groups in total. The van der Waals surface area contributed by atoms with Gasteiger partial charge < -0.3 is 7.96 Å². The zero-order valence-electron chi connectivity index (χ0n) is 19.2. The molecule has 0 radical (unpaired) electrons. The maximum Gasteiger partial charge on any atom is 2.00 e. The molecule has 0 saturated heterocycles. The summed E-state index contributed by atoms with van der Waals surface area (Å²) in [6.45, 7) is 2.28. The first-order chi connectivity index (χ1) is 11.8. The molecule has 0 atom stereocenters. The van der Waals surface area contributed by atoms with E-state index in [1.807, 2.05) is 0 Å². The first kappa shape index (κ1) is 28.3. The van der Waals surface area contributed by atoms with Gasteiger partial charge in [-0.25, -0.2) is 0 Å². The summed E-state index contributed by atoms with van der Waals surface area (Å²) in [5, 5.41) is 8.56. The number of aliphatic carboxylic acids is 1. The number of rotatable bonds is 20. The summed E-state index contributed by atoms with van der Waals surface area (Å²) in [5.41, 5.74) is 0. The summed E-state index contributed by atoms with van der Waals surface area (Å²) in [7, 11) is 0. The predicted molar refractivity (Wildman–Crippen MR) is 114 cm³/mol. The fourth-order valence-electron chi connectivity index (χ4n) is 3.35. The van der Waals surface area contributed by atoms with Crippen LogP contribution in [0.4, 0.5) is 0 Å². The van der Waals surface area contributed by atoms with Crippen molar-refractivity contribution < 1.29 is 12.8 Å². The van der Waals surface area contributed by atoms with Gasteiger partial charge in [0.2, 0.25) is 0 Å². The first-order valence-electron chi connectivity index (χ1n) is 11.0. The van der Waals surface area contributed by atoms with E-state index in [9.17, 15) is 4.79 Å².